The minimum Gasteiger partial charge on any atom is -0.272 e. The molecule has 25 heavy (non-hydrogen) atoms. The lowest BCUT2D eigenvalue weighted by molar-refractivity contribution is -0.384. The number of benzene rings is 1. The minimum absolute atomic E-state index is 0.0533. The summed E-state index contributed by atoms with van der Waals surface area (Å²) in [5.41, 5.74) is 4.04. The summed E-state index contributed by atoms with van der Waals surface area (Å²) < 4.78 is 2.26. The number of hydrogen-bond acceptors (Lipinski definition) is 6. The third-order valence-corrected chi connectivity index (χ3v) is 5.33. The van der Waals surface area contributed by atoms with E-state index in [4.69, 9.17) is 11.6 Å². The molecule has 0 aliphatic rings. The first-order valence-corrected chi connectivity index (χ1v) is 8.26. The van der Waals surface area contributed by atoms with Crippen molar-refractivity contribution in [3.63, 3.8) is 0 Å². The molecule has 0 saturated carbocycles. The van der Waals surface area contributed by atoms with Crippen LogP contribution in [0.25, 0.3) is 10.1 Å². The number of rotatable bonds is 4. The zero-order valence-corrected chi connectivity index (χ0v) is 14.8. The molecule has 0 aliphatic heterocycles. The Labute approximate surface area is 150 Å². The lowest BCUT2D eigenvalue weighted by Gasteiger charge is -1.97. The summed E-state index contributed by atoms with van der Waals surface area (Å²) >= 11 is 7.30. The number of nitro benzene ring substituents is 1. The number of carbonyl (C=O) groups excluding carboxylic acids is 1. The van der Waals surface area contributed by atoms with Crippen molar-refractivity contribution in [2.24, 2.45) is 12.1 Å². The Balaban J connectivity index is 1.83. The first-order valence-electron chi connectivity index (χ1n) is 7.07. The van der Waals surface area contributed by atoms with Crippen molar-refractivity contribution < 1.29 is 9.72 Å². The summed E-state index contributed by atoms with van der Waals surface area (Å²) in [6.07, 6.45) is 3.13. The van der Waals surface area contributed by atoms with Crippen molar-refractivity contribution in [3.05, 3.63) is 55.7 Å². The Morgan fingerprint density at radius 3 is 2.92 bits per heavy atom. The number of amides is 1. The maximum Gasteiger partial charge on any atom is 0.283 e. The Hall–Kier alpha value is -2.78. The van der Waals surface area contributed by atoms with Crippen LogP contribution in [0.4, 0.5) is 5.69 Å². The molecular formula is C15H12ClN5O3S. The molecule has 128 valence electrons. The third-order valence-electron chi connectivity index (χ3n) is 3.67. The van der Waals surface area contributed by atoms with Gasteiger partial charge < -0.3 is 0 Å². The van der Waals surface area contributed by atoms with E-state index >= 15 is 0 Å². The summed E-state index contributed by atoms with van der Waals surface area (Å²) in [6.45, 7) is 1.88. The second kappa shape index (κ2) is 6.61. The highest BCUT2D eigenvalue weighted by atomic mass is 35.5. The summed E-state index contributed by atoms with van der Waals surface area (Å²) in [7, 11) is 1.81. The second-order valence-corrected chi connectivity index (χ2v) is 6.62. The third kappa shape index (κ3) is 3.24. The SMILES string of the molecule is Cc1c(C=NNC(=O)c2sc3cc([N+](=O)[O-])ccc3c2Cl)cnn1C. The quantitative estimate of drug-likeness (QED) is 0.428. The van der Waals surface area contributed by atoms with Gasteiger partial charge in [0, 0.05) is 40.5 Å². The molecular weight excluding hydrogens is 366 g/mol. The van der Waals surface area contributed by atoms with Gasteiger partial charge in [-0.05, 0) is 13.0 Å². The fourth-order valence-electron chi connectivity index (χ4n) is 2.17. The second-order valence-electron chi connectivity index (χ2n) is 5.19. The molecule has 0 unspecified atom stereocenters. The van der Waals surface area contributed by atoms with Gasteiger partial charge in [0.2, 0.25) is 0 Å². The number of fused-ring (bicyclic) bond motifs is 1. The Kier molecular flexibility index (Phi) is 4.51. The number of thiophene rings is 1. The number of nitrogens with zero attached hydrogens (tertiary/aromatic N) is 4. The molecule has 10 heteroatoms. The molecule has 2 aromatic heterocycles. The predicted molar refractivity (Wildman–Crippen MR) is 96.5 cm³/mol. The number of aryl methyl sites for hydroxylation is 1. The molecule has 1 N–H and O–H groups in total. The van der Waals surface area contributed by atoms with Gasteiger partial charge in [0.25, 0.3) is 11.6 Å². The summed E-state index contributed by atoms with van der Waals surface area (Å²) in [6, 6.07) is 4.28. The lowest BCUT2D eigenvalue weighted by Crippen LogP contribution is -2.16. The Morgan fingerprint density at radius 1 is 1.52 bits per heavy atom. The van der Waals surface area contributed by atoms with Crippen LogP contribution in [0.15, 0.2) is 29.5 Å². The van der Waals surface area contributed by atoms with Gasteiger partial charge in [-0.3, -0.25) is 19.6 Å². The fraction of sp³-hybridized carbons (Fsp3) is 0.133. The highest BCUT2D eigenvalue weighted by Crippen LogP contribution is 2.37. The largest absolute Gasteiger partial charge is 0.283 e. The zero-order chi connectivity index (χ0) is 18.1. The van der Waals surface area contributed by atoms with Crippen LogP contribution in [0.1, 0.15) is 20.9 Å². The number of hydrogen-bond donors (Lipinski definition) is 1. The van der Waals surface area contributed by atoms with Crippen molar-refractivity contribution in [3.8, 4) is 0 Å². The van der Waals surface area contributed by atoms with Crippen LogP contribution in [0, 0.1) is 17.0 Å². The molecule has 3 rings (SSSR count). The van der Waals surface area contributed by atoms with Gasteiger partial charge in [-0.25, -0.2) is 5.43 Å². The van der Waals surface area contributed by atoms with Gasteiger partial charge in [-0.1, -0.05) is 11.6 Å². The molecule has 0 bridgehead atoms. The average Bonchev–Trinajstić information content (AvgIpc) is 3.08. The van der Waals surface area contributed by atoms with E-state index in [0.29, 0.717) is 10.1 Å². The standard InChI is InChI=1S/C15H12ClN5O3S/c1-8-9(7-18-20(8)2)6-17-19-15(22)14-13(16)11-4-3-10(21(23)24)5-12(11)25-14/h3-7H,1-2H3,(H,19,22). The fourth-order valence-corrected chi connectivity index (χ4v) is 3.61. The van der Waals surface area contributed by atoms with E-state index in [-0.39, 0.29) is 15.6 Å². The van der Waals surface area contributed by atoms with Gasteiger partial charge in [0.15, 0.2) is 0 Å². The van der Waals surface area contributed by atoms with Gasteiger partial charge in [-0.15, -0.1) is 11.3 Å². The van der Waals surface area contributed by atoms with Crippen LogP contribution in [-0.2, 0) is 7.05 Å². The molecule has 1 aromatic carbocycles. The topological polar surface area (TPSA) is 102 Å². The van der Waals surface area contributed by atoms with Crippen LogP contribution in [-0.4, -0.2) is 26.8 Å². The van der Waals surface area contributed by atoms with Crippen LogP contribution >= 0.6 is 22.9 Å². The average molecular weight is 378 g/mol. The highest BCUT2D eigenvalue weighted by Gasteiger charge is 2.18. The molecule has 0 aliphatic carbocycles. The van der Waals surface area contributed by atoms with Crippen molar-refractivity contribution in [2.45, 2.75) is 6.92 Å². The van der Waals surface area contributed by atoms with Gasteiger partial charge >= 0.3 is 0 Å². The number of nitrogens with one attached hydrogen (secondary N) is 1. The molecule has 8 nitrogen and oxygen atoms in total. The lowest BCUT2D eigenvalue weighted by atomic mass is 10.2. The van der Waals surface area contributed by atoms with E-state index in [1.807, 2.05) is 6.92 Å². The Morgan fingerprint density at radius 2 is 2.28 bits per heavy atom. The monoisotopic (exact) mass is 377 g/mol. The van der Waals surface area contributed by atoms with Crippen LogP contribution in [0.5, 0.6) is 0 Å². The number of halogens is 1. The number of hydrazone groups is 1. The predicted octanol–water partition coefficient (Wildman–Crippen LogP) is 3.27. The summed E-state index contributed by atoms with van der Waals surface area (Å²) in [4.78, 5) is 22.9. The van der Waals surface area contributed by atoms with E-state index in [2.05, 4.69) is 15.6 Å². The molecule has 1 amide bonds. The number of carbonyl (C=O) groups is 1. The maximum atomic E-state index is 12.3. The van der Waals surface area contributed by atoms with Crippen LogP contribution in [0.2, 0.25) is 5.02 Å². The van der Waals surface area contributed by atoms with E-state index in [0.717, 1.165) is 22.6 Å². The summed E-state index contributed by atoms with van der Waals surface area (Å²) in [5, 5.41) is 19.7. The molecule has 2 heterocycles. The summed E-state index contributed by atoms with van der Waals surface area (Å²) in [5.74, 6) is -0.480. The van der Waals surface area contributed by atoms with Crippen LogP contribution in [0.3, 0.4) is 0 Å². The van der Waals surface area contributed by atoms with Gasteiger partial charge in [-0.2, -0.15) is 10.2 Å². The number of aromatic nitrogens is 2. The van der Waals surface area contributed by atoms with Gasteiger partial charge in [0.1, 0.15) is 4.88 Å². The molecule has 0 saturated heterocycles. The van der Waals surface area contributed by atoms with Crippen molar-refractivity contribution in [1.29, 1.82) is 0 Å². The minimum atomic E-state index is -0.493. The molecule has 0 atom stereocenters. The Bertz CT molecular complexity index is 1020. The van der Waals surface area contributed by atoms with Crippen LogP contribution < -0.4 is 5.43 Å². The zero-order valence-electron chi connectivity index (χ0n) is 13.2. The maximum absolute atomic E-state index is 12.3. The van der Waals surface area contributed by atoms with E-state index < -0.39 is 10.8 Å². The molecule has 0 fully saturated rings. The first-order chi connectivity index (χ1) is 11.9. The molecule has 3 aromatic rings. The van der Waals surface area contributed by atoms with E-state index in [1.54, 1.807) is 17.9 Å². The van der Waals surface area contributed by atoms with Crippen molar-refractivity contribution in [1.82, 2.24) is 15.2 Å². The van der Waals surface area contributed by atoms with Crippen molar-refractivity contribution in [2.75, 3.05) is 0 Å². The highest BCUT2D eigenvalue weighted by molar-refractivity contribution is 7.21. The van der Waals surface area contributed by atoms with E-state index in [9.17, 15) is 14.9 Å². The smallest absolute Gasteiger partial charge is 0.272 e. The van der Waals surface area contributed by atoms with Gasteiger partial charge in [0.05, 0.1) is 22.4 Å². The molecule has 0 radical (unpaired) electrons. The van der Waals surface area contributed by atoms with E-state index in [1.165, 1.54) is 24.4 Å². The molecule has 0 spiro atoms. The van der Waals surface area contributed by atoms with Crippen molar-refractivity contribution >= 4 is 50.8 Å². The first kappa shape index (κ1) is 17.1. The number of non-ortho nitro benzene ring substituents is 1. The normalized spacial score (nSPS) is 11.3. The number of nitro groups is 1.